The maximum Gasteiger partial charge on any atom is 0.323 e. The summed E-state index contributed by atoms with van der Waals surface area (Å²) in [4.78, 5) is 22.2. The fourth-order valence-corrected chi connectivity index (χ4v) is 3.78. The van der Waals surface area contributed by atoms with Crippen LogP contribution >= 0.6 is 11.6 Å². The second-order valence-electron chi connectivity index (χ2n) is 5.97. The summed E-state index contributed by atoms with van der Waals surface area (Å²) in [6, 6.07) is 17.4. The predicted octanol–water partition coefficient (Wildman–Crippen LogP) is 4.69. The first-order valence-corrected chi connectivity index (χ1v) is 10.3. The van der Waals surface area contributed by atoms with E-state index in [1.807, 2.05) is 0 Å². The van der Waals surface area contributed by atoms with Crippen LogP contribution in [-0.4, -0.2) is 19.4 Å². The Hall–Kier alpha value is -3.63. The summed E-state index contributed by atoms with van der Waals surface area (Å²) in [5.41, 5.74) is 0.297. The normalized spacial score (nSPS) is 10.8. The lowest BCUT2D eigenvalue weighted by Crippen LogP contribution is -2.21. The molecule has 154 valence electrons. The van der Waals surface area contributed by atoms with Gasteiger partial charge in [-0.1, -0.05) is 41.9 Å². The number of amides is 2. The van der Waals surface area contributed by atoms with E-state index in [9.17, 15) is 23.3 Å². The van der Waals surface area contributed by atoms with E-state index in [1.54, 1.807) is 42.5 Å². The summed E-state index contributed by atoms with van der Waals surface area (Å²) in [6.45, 7) is 0. The number of rotatable bonds is 6. The number of benzene rings is 3. The van der Waals surface area contributed by atoms with E-state index in [0.717, 1.165) is 18.2 Å². The van der Waals surface area contributed by atoms with Gasteiger partial charge in [0.1, 0.15) is 5.02 Å². The highest BCUT2D eigenvalue weighted by molar-refractivity contribution is 7.92. The molecule has 0 radical (unpaired) electrons. The average molecular weight is 447 g/mol. The highest BCUT2D eigenvalue weighted by Gasteiger charge is 2.22. The molecule has 0 heterocycles. The topological polar surface area (TPSA) is 130 Å². The van der Waals surface area contributed by atoms with E-state index in [2.05, 4.69) is 15.4 Å². The number of nitro groups is 1. The zero-order chi connectivity index (χ0) is 21.7. The van der Waals surface area contributed by atoms with Gasteiger partial charge >= 0.3 is 6.03 Å². The number of anilines is 3. The second kappa shape index (κ2) is 8.80. The van der Waals surface area contributed by atoms with E-state index < -0.39 is 26.7 Å². The van der Waals surface area contributed by atoms with Crippen molar-refractivity contribution >= 4 is 50.4 Å². The molecule has 30 heavy (non-hydrogen) atoms. The molecule has 0 saturated heterocycles. The molecular weight excluding hydrogens is 432 g/mol. The molecule has 0 aliphatic rings. The molecule has 0 aliphatic heterocycles. The lowest BCUT2D eigenvalue weighted by atomic mass is 10.3. The molecule has 0 spiro atoms. The van der Waals surface area contributed by atoms with E-state index in [1.165, 1.54) is 12.1 Å². The van der Waals surface area contributed by atoms with Gasteiger partial charge < -0.3 is 10.6 Å². The molecule has 3 N–H and O–H groups in total. The Kier molecular flexibility index (Phi) is 6.19. The number of hydrogen-bond donors (Lipinski definition) is 3. The maximum absolute atomic E-state index is 12.7. The summed E-state index contributed by atoms with van der Waals surface area (Å²) < 4.78 is 27.7. The number of urea groups is 1. The van der Waals surface area contributed by atoms with Crippen molar-refractivity contribution in [3.63, 3.8) is 0 Å². The van der Waals surface area contributed by atoms with Gasteiger partial charge in [0.25, 0.3) is 15.7 Å². The van der Waals surface area contributed by atoms with Crippen molar-refractivity contribution in [1.82, 2.24) is 0 Å². The molecule has 9 nitrogen and oxygen atoms in total. The van der Waals surface area contributed by atoms with E-state index >= 15 is 0 Å². The van der Waals surface area contributed by atoms with Crippen LogP contribution in [0.25, 0.3) is 0 Å². The number of sulfonamides is 1. The highest BCUT2D eigenvalue weighted by Crippen LogP contribution is 2.29. The largest absolute Gasteiger partial charge is 0.323 e. The fourth-order valence-electron chi connectivity index (χ4n) is 2.49. The van der Waals surface area contributed by atoms with Crippen LogP contribution < -0.4 is 15.4 Å². The Morgan fingerprint density at radius 2 is 1.53 bits per heavy atom. The van der Waals surface area contributed by atoms with Crippen molar-refractivity contribution in [3.8, 4) is 0 Å². The summed E-state index contributed by atoms with van der Waals surface area (Å²) in [6.07, 6.45) is 0. The van der Waals surface area contributed by atoms with Gasteiger partial charge in [-0.15, -0.1) is 0 Å². The third-order valence-electron chi connectivity index (χ3n) is 3.88. The number of carbonyl (C=O) groups is 1. The number of nitro benzene ring substituents is 1. The molecule has 3 aromatic rings. The van der Waals surface area contributed by atoms with Gasteiger partial charge in [0, 0.05) is 11.8 Å². The van der Waals surface area contributed by atoms with Gasteiger partial charge in [-0.3, -0.25) is 14.8 Å². The Morgan fingerprint density at radius 3 is 2.20 bits per heavy atom. The van der Waals surface area contributed by atoms with Gasteiger partial charge in [-0.25, -0.2) is 13.2 Å². The third kappa shape index (κ3) is 5.04. The minimum absolute atomic E-state index is 0.0818. The second-order valence-corrected chi connectivity index (χ2v) is 8.06. The zero-order valence-electron chi connectivity index (χ0n) is 15.2. The monoisotopic (exact) mass is 446 g/mol. The molecule has 0 atom stereocenters. The Bertz CT molecular complexity index is 1200. The first-order chi connectivity index (χ1) is 14.3. The first kappa shape index (κ1) is 21.1. The predicted molar refractivity (Wildman–Crippen MR) is 114 cm³/mol. The molecule has 0 aliphatic carbocycles. The van der Waals surface area contributed by atoms with E-state index in [0.29, 0.717) is 5.69 Å². The molecule has 0 saturated carbocycles. The lowest BCUT2D eigenvalue weighted by Gasteiger charge is -2.14. The smallest absolute Gasteiger partial charge is 0.308 e. The molecule has 3 rings (SSSR count). The molecule has 0 unspecified atom stereocenters. The quantitative estimate of drug-likeness (QED) is 0.373. The lowest BCUT2D eigenvalue weighted by molar-refractivity contribution is -0.384. The molecule has 0 bridgehead atoms. The summed E-state index contributed by atoms with van der Waals surface area (Å²) in [5, 5.41) is 16.0. The number of para-hydroxylation sites is 3. The zero-order valence-corrected chi connectivity index (χ0v) is 16.8. The van der Waals surface area contributed by atoms with E-state index in [-0.39, 0.29) is 21.3 Å². The van der Waals surface area contributed by atoms with E-state index in [4.69, 9.17) is 11.6 Å². The van der Waals surface area contributed by atoms with Crippen molar-refractivity contribution < 1.29 is 18.1 Å². The third-order valence-corrected chi connectivity index (χ3v) is 5.56. The summed E-state index contributed by atoms with van der Waals surface area (Å²) in [7, 11) is -4.19. The van der Waals surface area contributed by atoms with Crippen LogP contribution in [0.3, 0.4) is 0 Å². The molecule has 3 aromatic carbocycles. The minimum atomic E-state index is -4.19. The Morgan fingerprint density at radius 1 is 0.900 bits per heavy atom. The average Bonchev–Trinajstić information content (AvgIpc) is 2.70. The number of halogens is 1. The van der Waals surface area contributed by atoms with Crippen LogP contribution in [0.5, 0.6) is 0 Å². The number of nitrogens with one attached hydrogen (secondary N) is 3. The summed E-state index contributed by atoms with van der Waals surface area (Å²) in [5.74, 6) is 0. The SMILES string of the molecule is O=C(Nc1ccccc1)Nc1ccccc1NS(=O)(=O)c1ccc(Cl)c([N+](=O)[O-])c1. The molecule has 11 heteroatoms. The standard InChI is InChI=1S/C19H15ClN4O5S/c20-15-11-10-14(12-18(15)24(26)27)30(28,29)23-17-9-5-4-8-16(17)22-19(25)21-13-6-2-1-3-7-13/h1-12,23H,(H2,21,22,25). The fraction of sp³-hybridized carbons (Fsp3) is 0. The van der Waals surface area contributed by atoms with Gasteiger partial charge in [0.15, 0.2) is 0 Å². The molecule has 0 fully saturated rings. The first-order valence-electron chi connectivity index (χ1n) is 8.45. The van der Waals surface area contributed by atoms with Crippen molar-refractivity contribution in [1.29, 1.82) is 0 Å². The van der Waals surface area contributed by atoms with Crippen LogP contribution in [0.2, 0.25) is 5.02 Å². The van der Waals surface area contributed by atoms with Gasteiger partial charge in [0.2, 0.25) is 0 Å². The molecule has 0 aromatic heterocycles. The minimum Gasteiger partial charge on any atom is -0.308 e. The van der Waals surface area contributed by atoms with Gasteiger partial charge in [-0.05, 0) is 36.4 Å². The summed E-state index contributed by atoms with van der Waals surface area (Å²) >= 11 is 5.74. The van der Waals surface area contributed by atoms with Crippen molar-refractivity contribution in [2.45, 2.75) is 4.90 Å². The van der Waals surface area contributed by atoms with Crippen molar-refractivity contribution in [2.75, 3.05) is 15.4 Å². The van der Waals surface area contributed by atoms with Crippen LogP contribution in [-0.2, 0) is 10.0 Å². The highest BCUT2D eigenvalue weighted by atomic mass is 35.5. The van der Waals surface area contributed by atoms with Crippen molar-refractivity contribution in [3.05, 3.63) is 87.9 Å². The van der Waals surface area contributed by atoms with Crippen LogP contribution in [0, 0.1) is 10.1 Å². The maximum atomic E-state index is 12.7. The Labute approximate surface area is 176 Å². The number of carbonyl (C=O) groups excluding carboxylic acids is 1. The number of hydrogen-bond acceptors (Lipinski definition) is 5. The van der Waals surface area contributed by atoms with Gasteiger partial charge in [-0.2, -0.15) is 0 Å². The van der Waals surface area contributed by atoms with Crippen molar-refractivity contribution in [2.24, 2.45) is 0 Å². The number of nitrogens with zero attached hydrogens (tertiary/aromatic N) is 1. The Balaban J connectivity index is 1.83. The van der Waals surface area contributed by atoms with Crippen LogP contribution in [0.4, 0.5) is 27.5 Å². The van der Waals surface area contributed by atoms with Crippen LogP contribution in [0.1, 0.15) is 0 Å². The molecule has 2 amide bonds. The van der Waals surface area contributed by atoms with Crippen LogP contribution in [0.15, 0.2) is 77.7 Å². The molecular formula is C19H15ClN4O5S. The van der Waals surface area contributed by atoms with Gasteiger partial charge in [0.05, 0.1) is 21.2 Å².